The van der Waals surface area contributed by atoms with Crippen molar-refractivity contribution in [2.75, 3.05) is 6.54 Å². The van der Waals surface area contributed by atoms with Gasteiger partial charge in [0.25, 0.3) is 0 Å². The topological polar surface area (TPSA) is 168 Å². The van der Waals surface area contributed by atoms with Crippen molar-refractivity contribution in [3.8, 4) is 0 Å². The van der Waals surface area contributed by atoms with Gasteiger partial charge in [-0.3, -0.25) is 14.4 Å². The summed E-state index contributed by atoms with van der Waals surface area (Å²) in [5, 5.41) is 22.9. The van der Waals surface area contributed by atoms with Crippen LogP contribution in [0.1, 0.15) is 33.1 Å². The third kappa shape index (κ3) is 7.34. The number of carboxylic acid groups (broad SMARTS) is 1. The van der Waals surface area contributed by atoms with Crippen LogP contribution in [0.3, 0.4) is 0 Å². The van der Waals surface area contributed by atoms with E-state index in [1.54, 1.807) is 0 Å². The Hall–Kier alpha value is -1.71. The van der Waals surface area contributed by atoms with Crippen LogP contribution in [0, 0.1) is 0 Å². The second kappa shape index (κ2) is 10.1. The summed E-state index contributed by atoms with van der Waals surface area (Å²) in [6, 6.07) is -3.23. The molecule has 0 aromatic heterocycles. The van der Waals surface area contributed by atoms with Crippen molar-refractivity contribution in [2.24, 2.45) is 11.5 Å². The summed E-state index contributed by atoms with van der Waals surface area (Å²) in [6.07, 6.45) is 0.619. The largest absolute Gasteiger partial charge is 0.480 e. The number of aliphatic hydroxyl groups excluding tert-OH is 1. The van der Waals surface area contributed by atoms with Crippen molar-refractivity contribution in [3.63, 3.8) is 0 Å². The molecule has 9 nitrogen and oxygen atoms in total. The maximum atomic E-state index is 11.9. The van der Waals surface area contributed by atoms with Crippen LogP contribution in [0.5, 0.6) is 0 Å². The van der Waals surface area contributed by atoms with Gasteiger partial charge in [-0.15, -0.1) is 0 Å². The van der Waals surface area contributed by atoms with E-state index in [1.807, 2.05) is 0 Å². The van der Waals surface area contributed by atoms with Gasteiger partial charge in [0.2, 0.25) is 11.8 Å². The highest BCUT2D eigenvalue weighted by molar-refractivity contribution is 5.92. The Morgan fingerprint density at radius 1 is 1.09 bits per heavy atom. The van der Waals surface area contributed by atoms with E-state index in [-0.39, 0.29) is 0 Å². The van der Waals surface area contributed by atoms with Crippen molar-refractivity contribution >= 4 is 17.8 Å². The average Bonchev–Trinajstić information content (AvgIpc) is 2.43. The van der Waals surface area contributed by atoms with Crippen molar-refractivity contribution in [2.45, 2.75) is 57.3 Å². The molecule has 0 spiro atoms. The molecule has 9 heteroatoms. The van der Waals surface area contributed by atoms with Crippen molar-refractivity contribution < 1.29 is 24.6 Å². The number of nitrogens with two attached hydrogens (primary N) is 2. The van der Waals surface area contributed by atoms with Gasteiger partial charge in [-0.25, -0.2) is 0 Å². The molecule has 2 amide bonds. The number of carboxylic acids is 1. The molecular weight excluding hydrogens is 292 g/mol. The van der Waals surface area contributed by atoms with E-state index in [9.17, 15) is 19.5 Å². The van der Waals surface area contributed by atoms with Crippen molar-refractivity contribution in [1.29, 1.82) is 0 Å². The fourth-order valence-corrected chi connectivity index (χ4v) is 1.67. The summed E-state index contributed by atoms with van der Waals surface area (Å²) >= 11 is 0. The summed E-state index contributed by atoms with van der Waals surface area (Å²) in [6.45, 7) is 3.09. The molecule has 0 fully saturated rings. The van der Waals surface area contributed by atoms with Crippen LogP contribution in [0.4, 0.5) is 0 Å². The van der Waals surface area contributed by atoms with Crippen LogP contribution in [-0.2, 0) is 14.4 Å². The highest BCUT2D eigenvalue weighted by Gasteiger charge is 2.29. The summed E-state index contributed by atoms with van der Waals surface area (Å²) in [7, 11) is 0. The van der Waals surface area contributed by atoms with E-state index < -0.39 is 42.0 Å². The van der Waals surface area contributed by atoms with Crippen LogP contribution in [0.25, 0.3) is 0 Å². The number of carbonyl (C=O) groups excluding carboxylic acids is 2. The molecule has 22 heavy (non-hydrogen) atoms. The van der Waals surface area contributed by atoms with Gasteiger partial charge in [-0.2, -0.15) is 0 Å². The lowest BCUT2D eigenvalue weighted by molar-refractivity contribution is -0.142. The molecule has 0 heterocycles. The van der Waals surface area contributed by atoms with E-state index in [4.69, 9.17) is 16.6 Å². The monoisotopic (exact) mass is 318 g/mol. The standard InChI is InChI=1S/C13H26N4O5/c1-7(13(21)22)16-12(20)10(8(2)18)17-11(19)9(15)5-3-4-6-14/h7-10,18H,3-6,14-15H2,1-2H3,(H,16,20)(H,17,19)(H,21,22). The maximum Gasteiger partial charge on any atom is 0.325 e. The second-order valence-electron chi connectivity index (χ2n) is 5.19. The van der Waals surface area contributed by atoms with Gasteiger partial charge in [0.15, 0.2) is 0 Å². The van der Waals surface area contributed by atoms with Crippen LogP contribution in [0.2, 0.25) is 0 Å². The summed E-state index contributed by atoms with van der Waals surface area (Å²) in [5.41, 5.74) is 11.0. The van der Waals surface area contributed by atoms with Crippen LogP contribution >= 0.6 is 0 Å². The Kier molecular flexibility index (Phi) is 9.31. The fraction of sp³-hybridized carbons (Fsp3) is 0.769. The molecule has 8 N–H and O–H groups in total. The quantitative estimate of drug-likeness (QED) is 0.251. The normalized spacial score (nSPS) is 16.2. The van der Waals surface area contributed by atoms with Crippen LogP contribution in [-0.4, -0.2) is 58.8 Å². The Bertz CT molecular complexity index is 389. The molecular formula is C13H26N4O5. The summed E-state index contributed by atoms with van der Waals surface area (Å²) < 4.78 is 0. The molecule has 0 aromatic rings. The minimum Gasteiger partial charge on any atom is -0.480 e. The first-order valence-electron chi connectivity index (χ1n) is 7.18. The molecule has 4 atom stereocenters. The van der Waals surface area contributed by atoms with Crippen LogP contribution in [0.15, 0.2) is 0 Å². The predicted octanol–water partition coefficient (Wildman–Crippen LogP) is -2.10. The number of aliphatic hydroxyl groups is 1. The molecule has 128 valence electrons. The van der Waals surface area contributed by atoms with Gasteiger partial charge in [0, 0.05) is 0 Å². The number of aliphatic carboxylic acids is 1. The Morgan fingerprint density at radius 3 is 2.14 bits per heavy atom. The molecule has 0 saturated heterocycles. The summed E-state index contributed by atoms with van der Waals surface area (Å²) in [5.74, 6) is -2.59. The second-order valence-corrected chi connectivity index (χ2v) is 5.19. The van der Waals surface area contributed by atoms with Crippen LogP contribution < -0.4 is 22.1 Å². The lowest BCUT2D eigenvalue weighted by Gasteiger charge is -2.23. The molecule has 0 aromatic carbocycles. The van der Waals surface area contributed by atoms with E-state index >= 15 is 0 Å². The highest BCUT2D eigenvalue weighted by atomic mass is 16.4. The highest BCUT2D eigenvalue weighted by Crippen LogP contribution is 2.01. The third-order valence-electron chi connectivity index (χ3n) is 3.10. The van der Waals surface area contributed by atoms with Crippen molar-refractivity contribution in [1.82, 2.24) is 10.6 Å². The van der Waals surface area contributed by atoms with Gasteiger partial charge >= 0.3 is 5.97 Å². The molecule has 0 radical (unpaired) electrons. The number of rotatable bonds is 10. The SMILES string of the molecule is CC(NC(=O)C(NC(=O)C(N)CCCCN)C(C)O)C(=O)O. The molecule has 0 aliphatic rings. The first-order valence-corrected chi connectivity index (χ1v) is 7.18. The first kappa shape index (κ1) is 20.3. The zero-order valence-corrected chi connectivity index (χ0v) is 12.9. The third-order valence-corrected chi connectivity index (χ3v) is 3.10. The van der Waals surface area contributed by atoms with E-state index in [0.717, 1.165) is 6.42 Å². The average molecular weight is 318 g/mol. The number of amides is 2. The smallest absolute Gasteiger partial charge is 0.325 e. The van der Waals surface area contributed by atoms with E-state index in [0.29, 0.717) is 19.4 Å². The molecule has 0 bridgehead atoms. The van der Waals surface area contributed by atoms with Gasteiger partial charge in [-0.1, -0.05) is 6.42 Å². The van der Waals surface area contributed by atoms with E-state index in [1.165, 1.54) is 13.8 Å². The lowest BCUT2D eigenvalue weighted by atomic mass is 10.1. The molecule has 0 aliphatic carbocycles. The fourth-order valence-electron chi connectivity index (χ4n) is 1.67. The van der Waals surface area contributed by atoms with Crippen molar-refractivity contribution in [3.05, 3.63) is 0 Å². The number of nitrogens with one attached hydrogen (secondary N) is 2. The molecule has 0 saturated carbocycles. The number of carbonyl (C=O) groups is 3. The molecule has 0 rings (SSSR count). The Labute approximate surface area is 129 Å². The molecule has 0 aliphatic heterocycles. The van der Waals surface area contributed by atoms with Gasteiger partial charge in [0.1, 0.15) is 12.1 Å². The Balaban J connectivity index is 4.60. The maximum absolute atomic E-state index is 11.9. The lowest BCUT2D eigenvalue weighted by Crippen LogP contribution is -2.57. The zero-order chi connectivity index (χ0) is 17.3. The summed E-state index contributed by atoms with van der Waals surface area (Å²) in [4.78, 5) is 34.5. The van der Waals surface area contributed by atoms with Gasteiger partial charge in [-0.05, 0) is 33.2 Å². The van der Waals surface area contributed by atoms with E-state index in [2.05, 4.69) is 10.6 Å². The first-order chi connectivity index (χ1) is 10.2. The molecule has 4 unspecified atom stereocenters. The minimum atomic E-state index is -1.27. The Morgan fingerprint density at radius 2 is 1.68 bits per heavy atom. The number of unbranched alkanes of at least 4 members (excludes halogenated alkanes) is 1. The number of hydrogen-bond donors (Lipinski definition) is 6. The minimum absolute atomic E-state index is 0.405. The van der Waals surface area contributed by atoms with Gasteiger partial charge in [0.05, 0.1) is 12.1 Å². The zero-order valence-electron chi connectivity index (χ0n) is 12.9. The van der Waals surface area contributed by atoms with Gasteiger partial charge < -0.3 is 32.3 Å². The predicted molar refractivity (Wildman–Crippen MR) is 79.7 cm³/mol. The number of hydrogen-bond acceptors (Lipinski definition) is 6.